The first-order chi connectivity index (χ1) is 8.20. The number of hydrogen-bond donors (Lipinski definition) is 2. The molecule has 0 radical (unpaired) electrons. The summed E-state index contributed by atoms with van der Waals surface area (Å²) in [5.41, 5.74) is 2.41. The lowest BCUT2D eigenvalue weighted by Gasteiger charge is -2.27. The lowest BCUT2D eigenvalue weighted by Crippen LogP contribution is -2.40. The Kier molecular flexibility index (Phi) is 4.26. The number of anilines is 1. The Morgan fingerprint density at radius 3 is 3.06 bits per heavy atom. The van der Waals surface area contributed by atoms with Gasteiger partial charge in [-0.05, 0) is 43.7 Å². The predicted octanol–water partition coefficient (Wildman–Crippen LogP) is 1.81. The Balaban J connectivity index is 2.19. The number of halogens is 1. The highest BCUT2D eigenvalue weighted by molar-refractivity contribution is 6.30. The molecule has 0 bridgehead atoms. The highest BCUT2D eigenvalue weighted by Crippen LogP contribution is 2.24. The molecule has 0 saturated carbocycles. The van der Waals surface area contributed by atoms with Crippen LogP contribution in [0.3, 0.4) is 0 Å². The van der Waals surface area contributed by atoms with E-state index in [1.807, 2.05) is 12.1 Å². The van der Waals surface area contributed by atoms with E-state index < -0.39 is 0 Å². The van der Waals surface area contributed by atoms with Gasteiger partial charge in [0.25, 0.3) is 0 Å². The summed E-state index contributed by atoms with van der Waals surface area (Å²) in [6.07, 6.45) is 1.10. The van der Waals surface area contributed by atoms with Gasteiger partial charge in [-0.3, -0.25) is 0 Å². The number of nitrogens with zero attached hydrogens (tertiary/aromatic N) is 1. The fraction of sp³-hybridized carbons (Fsp3) is 0.538. The first kappa shape index (κ1) is 12.7. The predicted molar refractivity (Wildman–Crippen MR) is 71.9 cm³/mol. The molecule has 1 aliphatic heterocycles. The van der Waals surface area contributed by atoms with Gasteiger partial charge in [-0.2, -0.15) is 0 Å². The van der Waals surface area contributed by atoms with Crippen molar-refractivity contribution in [2.45, 2.75) is 19.4 Å². The summed E-state index contributed by atoms with van der Waals surface area (Å²) < 4.78 is 0. The largest absolute Gasteiger partial charge is 0.395 e. The Hall–Kier alpha value is -0.770. The van der Waals surface area contributed by atoms with Gasteiger partial charge in [0.1, 0.15) is 0 Å². The van der Waals surface area contributed by atoms with Crippen molar-refractivity contribution in [2.75, 3.05) is 31.1 Å². The molecule has 1 atom stereocenters. The van der Waals surface area contributed by atoms with Gasteiger partial charge in [0.15, 0.2) is 0 Å². The molecule has 1 fully saturated rings. The van der Waals surface area contributed by atoms with E-state index in [2.05, 4.69) is 23.2 Å². The number of rotatable bonds is 2. The number of aryl methyl sites for hydroxylation is 1. The van der Waals surface area contributed by atoms with Crippen LogP contribution in [0.25, 0.3) is 0 Å². The molecular formula is C13H19ClN2O. The van der Waals surface area contributed by atoms with Crippen LogP contribution in [0.5, 0.6) is 0 Å². The van der Waals surface area contributed by atoms with Gasteiger partial charge in [0.2, 0.25) is 0 Å². The monoisotopic (exact) mass is 254 g/mol. The van der Waals surface area contributed by atoms with Gasteiger partial charge in [-0.15, -0.1) is 0 Å². The lowest BCUT2D eigenvalue weighted by molar-refractivity contribution is 0.248. The van der Waals surface area contributed by atoms with Crippen LogP contribution in [0.2, 0.25) is 5.02 Å². The summed E-state index contributed by atoms with van der Waals surface area (Å²) in [5, 5.41) is 13.4. The quantitative estimate of drug-likeness (QED) is 0.845. The second-order valence-corrected chi connectivity index (χ2v) is 5.00. The number of aliphatic hydroxyl groups is 1. The SMILES string of the molecule is Cc1cc(Cl)ccc1N1CCCNC(CO)C1. The van der Waals surface area contributed by atoms with Crippen molar-refractivity contribution in [3.63, 3.8) is 0 Å². The molecule has 1 unspecified atom stereocenters. The van der Waals surface area contributed by atoms with Crippen molar-refractivity contribution < 1.29 is 5.11 Å². The van der Waals surface area contributed by atoms with Crippen LogP contribution in [-0.2, 0) is 0 Å². The van der Waals surface area contributed by atoms with E-state index >= 15 is 0 Å². The maximum absolute atomic E-state index is 9.28. The molecule has 4 heteroatoms. The van der Waals surface area contributed by atoms with Crippen LogP contribution < -0.4 is 10.2 Å². The maximum atomic E-state index is 9.28. The third kappa shape index (κ3) is 3.12. The minimum atomic E-state index is 0.160. The molecule has 0 aliphatic carbocycles. The molecule has 1 heterocycles. The molecule has 1 aromatic carbocycles. The van der Waals surface area contributed by atoms with E-state index in [1.54, 1.807) is 0 Å². The number of hydrogen-bond acceptors (Lipinski definition) is 3. The van der Waals surface area contributed by atoms with Crippen molar-refractivity contribution in [3.05, 3.63) is 28.8 Å². The lowest BCUT2D eigenvalue weighted by atomic mass is 10.1. The third-order valence-corrected chi connectivity index (χ3v) is 3.43. The molecule has 0 spiro atoms. The number of benzene rings is 1. The molecule has 17 heavy (non-hydrogen) atoms. The van der Waals surface area contributed by atoms with Gasteiger partial charge in [0, 0.05) is 29.8 Å². The molecule has 3 nitrogen and oxygen atoms in total. The molecule has 2 rings (SSSR count). The van der Waals surface area contributed by atoms with Crippen molar-refractivity contribution in [1.82, 2.24) is 5.32 Å². The molecular weight excluding hydrogens is 236 g/mol. The third-order valence-electron chi connectivity index (χ3n) is 3.20. The van der Waals surface area contributed by atoms with E-state index in [-0.39, 0.29) is 12.6 Å². The topological polar surface area (TPSA) is 35.5 Å². The molecule has 0 aromatic heterocycles. The standard InChI is InChI=1S/C13H19ClN2O/c1-10-7-11(14)3-4-13(10)16-6-2-5-15-12(8-16)9-17/h3-4,7,12,15,17H,2,5-6,8-9H2,1H3. The Labute approximate surface area is 107 Å². The van der Waals surface area contributed by atoms with Crippen LogP contribution in [0.15, 0.2) is 18.2 Å². The van der Waals surface area contributed by atoms with Crippen LogP contribution in [0.1, 0.15) is 12.0 Å². The van der Waals surface area contributed by atoms with Crippen LogP contribution in [-0.4, -0.2) is 37.4 Å². The van der Waals surface area contributed by atoms with Crippen molar-refractivity contribution in [3.8, 4) is 0 Å². The van der Waals surface area contributed by atoms with E-state index in [0.29, 0.717) is 0 Å². The molecule has 1 aliphatic rings. The van der Waals surface area contributed by atoms with Gasteiger partial charge < -0.3 is 15.3 Å². The van der Waals surface area contributed by atoms with E-state index in [1.165, 1.54) is 11.3 Å². The van der Waals surface area contributed by atoms with Gasteiger partial charge in [-0.1, -0.05) is 11.6 Å². The smallest absolute Gasteiger partial charge is 0.0601 e. The van der Waals surface area contributed by atoms with Gasteiger partial charge in [0.05, 0.1) is 6.61 Å². The van der Waals surface area contributed by atoms with Crippen molar-refractivity contribution >= 4 is 17.3 Å². The normalized spacial score (nSPS) is 21.4. The average Bonchev–Trinajstić information content (AvgIpc) is 2.54. The number of nitrogens with one attached hydrogen (secondary N) is 1. The highest BCUT2D eigenvalue weighted by Gasteiger charge is 2.18. The highest BCUT2D eigenvalue weighted by atomic mass is 35.5. The van der Waals surface area contributed by atoms with E-state index in [0.717, 1.165) is 31.1 Å². The molecule has 94 valence electrons. The van der Waals surface area contributed by atoms with Crippen LogP contribution >= 0.6 is 11.6 Å². The van der Waals surface area contributed by atoms with Crippen LogP contribution in [0, 0.1) is 6.92 Å². The maximum Gasteiger partial charge on any atom is 0.0601 e. The van der Waals surface area contributed by atoms with Gasteiger partial charge in [-0.25, -0.2) is 0 Å². The zero-order valence-electron chi connectivity index (χ0n) is 10.1. The summed E-state index contributed by atoms with van der Waals surface area (Å²) in [6, 6.07) is 6.14. The van der Waals surface area contributed by atoms with Gasteiger partial charge >= 0.3 is 0 Å². The molecule has 1 aromatic rings. The minimum Gasteiger partial charge on any atom is -0.395 e. The minimum absolute atomic E-state index is 0.160. The van der Waals surface area contributed by atoms with Crippen molar-refractivity contribution in [1.29, 1.82) is 0 Å². The Morgan fingerprint density at radius 2 is 2.35 bits per heavy atom. The van der Waals surface area contributed by atoms with E-state index in [4.69, 9.17) is 11.6 Å². The first-order valence-corrected chi connectivity index (χ1v) is 6.44. The van der Waals surface area contributed by atoms with E-state index in [9.17, 15) is 5.11 Å². The average molecular weight is 255 g/mol. The summed E-state index contributed by atoms with van der Waals surface area (Å²) in [7, 11) is 0. The summed E-state index contributed by atoms with van der Waals surface area (Å²) >= 11 is 5.97. The molecule has 1 saturated heterocycles. The first-order valence-electron chi connectivity index (χ1n) is 6.06. The summed E-state index contributed by atoms with van der Waals surface area (Å²) in [5.74, 6) is 0. The van der Waals surface area contributed by atoms with Crippen LogP contribution in [0.4, 0.5) is 5.69 Å². The number of aliphatic hydroxyl groups excluding tert-OH is 1. The zero-order valence-corrected chi connectivity index (χ0v) is 10.9. The fourth-order valence-electron chi connectivity index (χ4n) is 2.31. The summed E-state index contributed by atoms with van der Waals surface area (Å²) in [6.45, 7) is 5.09. The van der Waals surface area contributed by atoms with Crippen molar-refractivity contribution in [2.24, 2.45) is 0 Å². The summed E-state index contributed by atoms with van der Waals surface area (Å²) in [4.78, 5) is 2.33. The second-order valence-electron chi connectivity index (χ2n) is 4.56. The zero-order chi connectivity index (χ0) is 12.3. The fourth-order valence-corrected chi connectivity index (χ4v) is 2.54. The Morgan fingerprint density at radius 1 is 1.53 bits per heavy atom. The Bertz CT molecular complexity index is 384. The second kappa shape index (κ2) is 5.71. The molecule has 2 N–H and O–H groups in total. The molecule has 0 amide bonds.